The largest absolute Gasteiger partial charge is 0.379 e. The number of hydrogen-bond acceptors (Lipinski definition) is 6. The standard InChI is InChI=1S/C19H24N4OS/c1-2-4-16(5-3-1)15-25-19-20-10-17(11-21-19)12-22-13-18(14-22)23-6-8-24-9-7-23/h1-5,10-11,18H,6-9,12-15H2. The normalized spacial score (nSPS) is 19.7. The lowest BCUT2D eigenvalue weighted by atomic mass is 10.1. The van der Waals surface area contributed by atoms with Gasteiger partial charge in [0.2, 0.25) is 0 Å². The molecule has 25 heavy (non-hydrogen) atoms. The quantitative estimate of drug-likeness (QED) is 0.584. The number of ether oxygens (including phenoxy) is 1. The highest BCUT2D eigenvalue weighted by Gasteiger charge is 2.32. The van der Waals surface area contributed by atoms with Gasteiger partial charge in [-0.1, -0.05) is 42.1 Å². The molecule has 6 heteroatoms. The lowest BCUT2D eigenvalue weighted by Gasteiger charge is -2.46. The second kappa shape index (κ2) is 8.27. The lowest BCUT2D eigenvalue weighted by Crippen LogP contribution is -2.60. The van der Waals surface area contributed by atoms with Crippen LogP contribution in [0, 0.1) is 0 Å². The summed E-state index contributed by atoms with van der Waals surface area (Å²) < 4.78 is 5.43. The van der Waals surface area contributed by atoms with E-state index in [0.29, 0.717) is 6.04 Å². The third kappa shape index (κ3) is 4.58. The van der Waals surface area contributed by atoms with Crippen LogP contribution < -0.4 is 0 Å². The van der Waals surface area contributed by atoms with Crippen molar-refractivity contribution in [2.45, 2.75) is 23.5 Å². The van der Waals surface area contributed by atoms with Crippen LogP contribution in [0.4, 0.5) is 0 Å². The molecular formula is C19H24N4OS. The zero-order valence-corrected chi connectivity index (χ0v) is 15.2. The van der Waals surface area contributed by atoms with Gasteiger partial charge in [0, 0.05) is 62.5 Å². The molecule has 2 aromatic rings. The monoisotopic (exact) mass is 356 g/mol. The molecule has 5 nitrogen and oxygen atoms in total. The minimum Gasteiger partial charge on any atom is -0.379 e. The van der Waals surface area contributed by atoms with Crippen molar-refractivity contribution in [1.82, 2.24) is 19.8 Å². The van der Waals surface area contributed by atoms with Crippen LogP contribution >= 0.6 is 11.8 Å². The molecule has 3 heterocycles. The molecule has 0 radical (unpaired) electrons. The maximum Gasteiger partial charge on any atom is 0.187 e. The van der Waals surface area contributed by atoms with Crippen molar-refractivity contribution in [1.29, 1.82) is 0 Å². The summed E-state index contributed by atoms with van der Waals surface area (Å²) in [4.78, 5) is 14.0. The van der Waals surface area contributed by atoms with Crippen LogP contribution in [0.3, 0.4) is 0 Å². The van der Waals surface area contributed by atoms with Gasteiger partial charge in [0.25, 0.3) is 0 Å². The van der Waals surface area contributed by atoms with E-state index in [2.05, 4.69) is 44.0 Å². The van der Waals surface area contributed by atoms with Gasteiger partial charge in [-0.3, -0.25) is 9.80 Å². The van der Waals surface area contributed by atoms with E-state index in [1.807, 2.05) is 18.5 Å². The van der Waals surface area contributed by atoms with E-state index in [-0.39, 0.29) is 0 Å². The summed E-state index contributed by atoms with van der Waals surface area (Å²) >= 11 is 1.69. The van der Waals surface area contributed by atoms with Crippen LogP contribution in [0.5, 0.6) is 0 Å². The van der Waals surface area contributed by atoms with Gasteiger partial charge >= 0.3 is 0 Å². The number of hydrogen-bond donors (Lipinski definition) is 0. The number of nitrogens with zero attached hydrogens (tertiary/aromatic N) is 4. The minimum atomic E-state index is 0.700. The number of benzene rings is 1. The van der Waals surface area contributed by atoms with Crippen molar-refractivity contribution in [3.05, 3.63) is 53.9 Å². The molecule has 0 saturated carbocycles. The van der Waals surface area contributed by atoms with Crippen LogP contribution in [0.15, 0.2) is 47.9 Å². The Morgan fingerprint density at radius 1 is 1.00 bits per heavy atom. The summed E-state index contributed by atoms with van der Waals surface area (Å²) in [6, 6.07) is 11.1. The van der Waals surface area contributed by atoms with E-state index in [4.69, 9.17) is 4.74 Å². The maximum absolute atomic E-state index is 5.43. The predicted octanol–water partition coefficient (Wildman–Crippen LogP) is 2.29. The number of likely N-dealkylation sites (tertiary alicyclic amines) is 1. The van der Waals surface area contributed by atoms with Crippen molar-refractivity contribution in [2.24, 2.45) is 0 Å². The van der Waals surface area contributed by atoms with Gasteiger partial charge in [-0.25, -0.2) is 9.97 Å². The molecule has 1 aromatic carbocycles. The molecular weight excluding hydrogens is 332 g/mol. The molecule has 2 aliphatic rings. The number of morpholine rings is 1. The molecule has 4 rings (SSSR count). The van der Waals surface area contributed by atoms with Crippen molar-refractivity contribution in [3.63, 3.8) is 0 Å². The van der Waals surface area contributed by atoms with Crippen LogP contribution in [-0.2, 0) is 17.0 Å². The van der Waals surface area contributed by atoms with Crippen molar-refractivity contribution in [2.75, 3.05) is 39.4 Å². The zero-order valence-electron chi connectivity index (χ0n) is 14.4. The summed E-state index contributed by atoms with van der Waals surface area (Å²) in [5.41, 5.74) is 2.50. The Labute approximate surface area is 153 Å². The Bertz CT molecular complexity index is 655. The zero-order chi connectivity index (χ0) is 16.9. The van der Waals surface area contributed by atoms with Gasteiger partial charge in [0.1, 0.15) is 0 Å². The van der Waals surface area contributed by atoms with Crippen molar-refractivity contribution in [3.8, 4) is 0 Å². The third-order valence-electron chi connectivity index (χ3n) is 4.80. The van der Waals surface area contributed by atoms with Crippen LogP contribution in [-0.4, -0.2) is 65.2 Å². The van der Waals surface area contributed by atoms with Gasteiger partial charge in [-0.2, -0.15) is 0 Å². The summed E-state index contributed by atoms with van der Waals surface area (Å²) in [6.07, 6.45) is 3.95. The number of rotatable bonds is 6. The Morgan fingerprint density at radius 2 is 1.72 bits per heavy atom. The highest BCUT2D eigenvalue weighted by molar-refractivity contribution is 7.98. The fraction of sp³-hybridized carbons (Fsp3) is 0.474. The maximum atomic E-state index is 5.43. The second-order valence-corrected chi connectivity index (χ2v) is 7.59. The van der Waals surface area contributed by atoms with Crippen LogP contribution in [0.2, 0.25) is 0 Å². The average molecular weight is 356 g/mol. The lowest BCUT2D eigenvalue weighted by molar-refractivity contribution is -0.0344. The highest BCUT2D eigenvalue weighted by Crippen LogP contribution is 2.21. The smallest absolute Gasteiger partial charge is 0.187 e. The fourth-order valence-corrected chi connectivity index (χ4v) is 4.07. The molecule has 0 atom stereocenters. The first-order chi connectivity index (χ1) is 12.4. The van der Waals surface area contributed by atoms with Gasteiger partial charge in [0.15, 0.2) is 5.16 Å². The molecule has 0 bridgehead atoms. The summed E-state index contributed by atoms with van der Waals surface area (Å²) in [5, 5.41) is 0.849. The van der Waals surface area contributed by atoms with Gasteiger partial charge in [-0.05, 0) is 5.56 Å². The molecule has 2 fully saturated rings. The molecule has 1 aromatic heterocycles. The SMILES string of the molecule is c1ccc(CSc2ncc(CN3CC(N4CCOCC4)C3)cn2)cc1. The van der Waals surface area contributed by atoms with E-state index >= 15 is 0 Å². The topological polar surface area (TPSA) is 41.5 Å². The first kappa shape index (κ1) is 17.0. The third-order valence-corrected chi connectivity index (χ3v) is 5.75. The highest BCUT2D eigenvalue weighted by atomic mass is 32.2. The average Bonchev–Trinajstić information content (AvgIpc) is 2.65. The fourth-order valence-electron chi connectivity index (χ4n) is 3.32. The first-order valence-corrected chi connectivity index (χ1v) is 9.87. The van der Waals surface area contributed by atoms with E-state index in [1.54, 1.807) is 11.8 Å². The predicted molar refractivity (Wildman–Crippen MR) is 99.5 cm³/mol. The van der Waals surface area contributed by atoms with E-state index in [0.717, 1.165) is 56.8 Å². The minimum absolute atomic E-state index is 0.700. The van der Waals surface area contributed by atoms with Crippen LogP contribution in [0.25, 0.3) is 0 Å². The molecule has 2 aliphatic heterocycles. The molecule has 0 unspecified atom stereocenters. The summed E-state index contributed by atoms with van der Waals surface area (Å²) in [7, 11) is 0. The molecule has 132 valence electrons. The van der Waals surface area contributed by atoms with E-state index < -0.39 is 0 Å². The van der Waals surface area contributed by atoms with Crippen molar-refractivity contribution >= 4 is 11.8 Å². The number of aromatic nitrogens is 2. The van der Waals surface area contributed by atoms with E-state index in [9.17, 15) is 0 Å². The summed E-state index contributed by atoms with van der Waals surface area (Å²) in [6.45, 7) is 7.16. The number of thioether (sulfide) groups is 1. The van der Waals surface area contributed by atoms with E-state index in [1.165, 1.54) is 11.1 Å². The van der Waals surface area contributed by atoms with Crippen LogP contribution in [0.1, 0.15) is 11.1 Å². The Morgan fingerprint density at radius 3 is 2.44 bits per heavy atom. The molecule has 0 amide bonds. The van der Waals surface area contributed by atoms with Gasteiger partial charge < -0.3 is 4.74 Å². The summed E-state index contributed by atoms with van der Waals surface area (Å²) in [5.74, 6) is 0.910. The molecule has 2 saturated heterocycles. The molecule has 0 N–H and O–H groups in total. The second-order valence-electron chi connectivity index (χ2n) is 6.64. The van der Waals surface area contributed by atoms with Gasteiger partial charge in [-0.15, -0.1) is 0 Å². The Hall–Kier alpha value is -1.47. The van der Waals surface area contributed by atoms with Gasteiger partial charge in [0.05, 0.1) is 13.2 Å². The molecule has 0 aliphatic carbocycles. The molecule has 0 spiro atoms. The first-order valence-electron chi connectivity index (χ1n) is 8.88. The Balaban J connectivity index is 1.21. The Kier molecular flexibility index (Phi) is 5.62. The van der Waals surface area contributed by atoms with Crippen molar-refractivity contribution < 1.29 is 4.74 Å².